The fourth-order valence-corrected chi connectivity index (χ4v) is 6.03. The number of aromatic nitrogens is 3. The van der Waals surface area contributed by atoms with E-state index in [9.17, 15) is 4.79 Å². The third-order valence-corrected chi connectivity index (χ3v) is 8.48. The zero-order valence-corrected chi connectivity index (χ0v) is 22.8. The first-order chi connectivity index (χ1) is 15.5. The van der Waals surface area contributed by atoms with Crippen molar-refractivity contribution >= 4 is 64.7 Å². The van der Waals surface area contributed by atoms with E-state index >= 15 is 0 Å². The number of nitrogens with zero attached hydrogens (tertiary/aromatic N) is 3. The molecule has 0 saturated heterocycles. The fourth-order valence-electron chi connectivity index (χ4n) is 4.86. The minimum absolute atomic E-state index is 0.328. The number of methoxy groups -OCH3 is 1. The molecule has 1 saturated carbocycles. The lowest BCUT2D eigenvalue weighted by Crippen LogP contribution is -2.10. The van der Waals surface area contributed by atoms with Gasteiger partial charge in [-0.15, -0.1) is 6.58 Å². The summed E-state index contributed by atoms with van der Waals surface area (Å²) in [5, 5.41) is 2.00. The Morgan fingerprint density at radius 3 is 2.66 bits per heavy atom. The first kappa shape index (κ1) is 23.8. The summed E-state index contributed by atoms with van der Waals surface area (Å²) in [7, 11) is 1.42. The number of fused-ring (bicyclic) bond motifs is 1. The predicted molar refractivity (Wildman–Crippen MR) is 140 cm³/mol. The van der Waals surface area contributed by atoms with Crippen molar-refractivity contribution in [3.8, 4) is 11.5 Å². The molecule has 170 valence electrons. The molecule has 5 nitrogen and oxygen atoms in total. The highest BCUT2D eigenvalue weighted by Crippen LogP contribution is 2.45. The molecule has 2 aromatic heterocycles. The van der Waals surface area contributed by atoms with Gasteiger partial charge in [-0.05, 0) is 68.3 Å². The van der Waals surface area contributed by atoms with Gasteiger partial charge in [0.1, 0.15) is 9.21 Å². The molecule has 8 heteroatoms. The summed E-state index contributed by atoms with van der Waals surface area (Å²) < 4.78 is 11.1. The number of carbonyl (C=O) groups excluding carboxylic acids is 1. The van der Waals surface area contributed by atoms with Gasteiger partial charge in [-0.2, -0.15) is 0 Å². The zero-order chi connectivity index (χ0) is 22.8. The van der Waals surface area contributed by atoms with Crippen molar-refractivity contribution in [2.75, 3.05) is 12.4 Å². The first-order valence-corrected chi connectivity index (χ1v) is 13.6. The van der Waals surface area contributed by atoms with Crippen LogP contribution in [0.15, 0.2) is 40.1 Å². The maximum absolute atomic E-state index is 12.3. The quantitative estimate of drug-likeness (QED) is 0.155. The molecule has 0 unspecified atom stereocenters. The maximum atomic E-state index is 12.3. The Labute approximate surface area is 213 Å². The molecule has 2 heterocycles. The Kier molecular flexibility index (Phi) is 7.62. The van der Waals surface area contributed by atoms with Crippen LogP contribution in [0.2, 0.25) is 0 Å². The lowest BCUT2D eigenvalue weighted by Gasteiger charge is -2.23. The summed E-state index contributed by atoms with van der Waals surface area (Å²) in [5.41, 5.74) is 4.01. The van der Waals surface area contributed by atoms with Crippen LogP contribution in [0.1, 0.15) is 53.9 Å². The number of imidazole rings is 1. The highest BCUT2D eigenvalue weighted by molar-refractivity contribution is 9.13. The molecule has 0 amide bonds. The molecule has 1 aliphatic carbocycles. The Balaban J connectivity index is 2.07. The minimum atomic E-state index is -0.328. The van der Waals surface area contributed by atoms with Gasteiger partial charge in [-0.3, -0.25) is 0 Å². The van der Waals surface area contributed by atoms with E-state index in [0.717, 1.165) is 38.1 Å². The average molecular weight is 628 g/mol. The van der Waals surface area contributed by atoms with E-state index in [0.29, 0.717) is 18.0 Å². The predicted octanol–water partition coefficient (Wildman–Crippen LogP) is 7.45. The van der Waals surface area contributed by atoms with Gasteiger partial charge in [-0.25, -0.2) is 9.78 Å². The summed E-state index contributed by atoms with van der Waals surface area (Å²) in [6.45, 7) is 5.41. The number of halogens is 3. The summed E-state index contributed by atoms with van der Waals surface area (Å²) in [5.74, 6) is 1.05. The SMILES string of the molecule is C=CCn1c(-c2nc(Br)c(Br)n2CCBr)c(C2CCCCC2)c2ccc(C(=O)OC)cc21. The number of benzene rings is 1. The molecule has 0 aliphatic heterocycles. The Hall–Kier alpha value is -1.38. The van der Waals surface area contributed by atoms with Crippen molar-refractivity contribution in [3.05, 3.63) is 51.2 Å². The number of esters is 1. The van der Waals surface area contributed by atoms with E-state index < -0.39 is 0 Å². The topological polar surface area (TPSA) is 49.0 Å². The van der Waals surface area contributed by atoms with Crippen LogP contribution in [-0.2, 0) is 17.8 Å². The molecule has 0 radical (unpaired) electrons. The minimum Gasteiger partial charge on any atom is -0.465 e. The first-order valence-electron chi connectivity index (χ1n) is 10.8. The van der Waals surface area contributed by atoms with Gasteiger partial charge in [0.15, 0.2) is 5.82 Å². The van der Waals surface area contributed by atoms with Gasteiger partial charge in [0.25, 0.3) is 0 Å². The van der Waals surface area contributed by atoms with Crippen molar-refractivity contribution in [1.29, 1.82) is 0 Å². The Morgan fingerprint density at radius 1 is 1.25 bits per heavy atom. The summed E-state index contributed by atoms with van der Waals surface area (Å²) in [6, 6.07) is 5.90. The van der Waals surface area contributed by atoms with Crippen molar-refractivity contribution < 1.29 is 9.53 Å². The van der Waals surface area contributed by atoms with Gasteiger partial charge in [-0.1, -0.05) is 47.3 Å². The van der Waals surface area contributed by atoms with Gasteiger partial charge in [0.05, 0.1) is 23.9 Å². The molecule has 0 atom stereocenters. The van der Waals surface area contributed by atoms with Crippen molar-refractivity contribution in [1.82, 2.24) is 14.1 Å². The van der Waals surface area contributed by atoms with Gasteiger partial charge in [0.2, 0.25) is 0 Å². The largest absolute Gasteiger partial charge is 0.465 e. The summed E-state index contributed by atoms with van der Waals surface area (Å²) in [4.78, 5) is 17.2. The third-order valence-electron chi connectivity index (χ3n) is 6.24. The molecule has 4 rings (SSSR count). The number of hydrogen-bond acceptors (Lipinski definition) is 3. The van der Waals surface area contributed by atoms with Crippen LogP contribution >= 0.6 is 47.8 Å². The lowest BCUT2D eigenvalue weighted by molar-refractivity contribution is 0.0601. The number of ether oxygens (including phenoxy) is 1. The Morgan fingerprint density at radius 2 is 2.00 bits per heavy atom. The molecule has 1 aliphatic rings. The van der Waals surface area contributed by atoms with Crippen LogP contribution in [0.25, 0.3) is 22.4 Å². The number of carbonyl (C=O) groups is 1. The third kappa shape index (κ3) is 4.26. The average Bonchev–Trinajstić information content (AvgIpc) is 3.28. The molecular formula is C24H26Br3N3O2. The van der Waals surface area contributed by atoms with E-state index in [4.69, 9.17) is 9.72 Å². The van der Waals surface area contributed by atoms with Crippen LogP contribution in [0.3, 0.4) is 0 Å². The van der Waals surface area contributed by atoms with E-state index in [-0.39, 0.29) is 5.97 Å². The standard InChI is InChI=1S/C24H26Br3N3O2/c1-3-12-29-18-14-16(24(31)32-2)9-10-17(18)19(15-7-5-4-6-8-15)20(29)23-28-21(26)22(27)30(23)13-11-25/h3,9-10,14-15H,1,4-8,11-13H2,2H3. The molecule has 3 aromatic rings. The van der Waals surface area contributed by atoms with Crippen molar-refractivity contribution in [2.45, 2.75) is 51.1 Å². The monoisotopic (exact) mass is 625 g/mol. The highest BCUT2D eigenvalue weighted by Gasteiger charge is 2.30. The number of allylic oxidation sites excluding steroid dienone is 1. The molecular weight excluding hydrogens is 602 g/mol. The van der Waals surface area contributed by atoms with Crippen LogP contribution in [0.5, 0.6) is 0 Å². The lowest BCUT2D eigenvalue weighted by atomic mass is 9.82. The highest BCUT2D eigenvalue weighted by atomic mass is 79.9. The van der Waals surface area contributed by atoms with Crippen molar-refractivity contribution in [2.24, 2.45) is 0 Å². The molecule has 1 fully saturated rings. The summed E-state index contributed by atoms with van der Waals surface area (Å²) in [6.07, 6.45) is 8.00. The summed E-state index contributed by atoms with van der Waals surface area (Å²) >= 11 is 10.9. The molecule has 32 heavy (non-hydrogen) atoms. The van der Waals surface area contributed by atoms with E-state index in [1.165, 1.54) is 50.2 Å². The zero-order valence-electron chi connectivity index (χ0n) is 18.0. The van der Waals surface area contributed by atoms with Crippen LogP contribution in [0, 0.1) is 0 Å². The van der Waals surface area contributed by atoms with E-state index in [1.807, 2.05) is 18.2 Å². The number of hydrogen-bond donors (Lipinski definition) is 0. The van der Waals surface area contributed by atoms with Crippen LogP contribution in [-0.4, -0.2) is 32.5 Å². The smallest absolute Gasteiger partial charge is 0.337 e. The van der Waals surface area contributed by atoms with Crippen LogP contribution < -0.4 is 0 Å². The maximum Gasteiger partial charge on any atom is 0.337 e. The number of alkyl halides is 1. The van der Waals surface area contributed by atoms with Crippen molar-refractivity contribution in [3.63, 3.8) is 0 Å². The fraction of sp³-hybridized carbons (Fsp3) is 0.417. The van der Waals surface area contributed by atoms with Crippen LogP contribution in [0.4, 0.5) is 0 Å². The van der Waals surface area contributed by atoms with Gasteiger partial charge >= 0.3 is 5.97 Å². The second-order valence-electron chi connectivity index (χ2n) is 8.08. The molecule has 0 bridgehead atoms. The van der Waals surface area contributed by atoms with Gasteiger partial charge < -0.3 is 13.9 Å². The normalized spacial score (nSPS) is 14.8. The molecule has 1 aromatic carbocycles. The van der Waals surface area contributed by atoms with Gasteiger partial charge in [0, 0.05) is 23.8 Å². The molecule has 0 N–H and O–H groups in total. The van der Waals surface area contributed by atoms with E-state index in [1.54, 1.807) is 0 Å². The second-order valence-corrected chi connectivity index (χ2v) is 10.4. The second kappa shape index (κ2) is 10.3. The number of rotatable bonds is 7. The Bertz CT molecular complexity index is 1160. The molecule has 0 spiro atoms. The van der Waals surface area contributed by atoms with E-state index in [2.05, 4.69) is 69.6 Å².